The molecule has 1 saturated carbocycles. The molecule has 0 bridgehead atoms. The zero-order valence-electron chi connectivity index (χ0n) is 17.2. The summed E-state index contributed by atoms with van der Waals surface area (Å²) in [6.07, 6.45) is 4.40. The minimum absolute atomic E-state index is 0.0717. The molecular weight excluding hydrogens is 362 g/mol. The first-order valence-electron chi connectivity index (χ1n) is 10.6. The topological polar surface area (TPSA) is 61.4 Å². The van der Waals surface area contributed by atoms with E-state index in [2.05, 4.69) is 27.7 Å². The number of nitrogens with one attached hydrogen (secondary N) is 2. The van der Waals surface area contributed by atoms with Gasteiger partial charge in [0.2, 0.25) is 11.8 Å². The predicted octanol–water partition coefficient (Wildman–Crippen LogP) is 4.51. The van der Waals surface area contributed by atoms with E-state index in [1.807, 2.05) is 44.2 Å². The maximum absolute atomic E-state index is 12.5. The summed E-state index contributed by atoms with van der Waals surface area (Å²) >= 11 is 0. The van der Waals surface area contributed by atoms with Gasteiger partial charge in [-0.1, -0.05) is 17.7 Å². The summed E-state index contributed by atoms with van der Waals surface area (Å²) in [5.41, 5.74) is 5.01. The van der Waals surface area contributed by atoms with E-state index in [4.69, 9.17) is 0 Å². The number of amides is 2. The number of piperidine rings is 1. The van der Waals surface area contributed by atoms with E-state index in [1.54, 1.807) is 0 Å². The lowest BCUT2D eigenvalue weighted by molar-refractivity contribution is -0.122. The number of nitrogens with zero attached hydrogens (tertiary/aromatic N) is 1. The summed E-state index contributed by atoms with van der Waals surface area (Å²) in [6.45, 7) is 6.21. The molecule has 0 radical (unpaired) electrons. The van der Waals surface area contributed by atoms with Crippen LogP contribution in [0.15, 0.2) is 42.5 Å². The molecule has 152 valence electrons. The van der Waals surface area contributed by atoms with Crippen LogP contribution in [0.25, 0.3) is 0 Å². The van der Waals surface area contributed by atoms with Crippen molar-refractivity contribution in [3.05, 3.63) is 53.6 Å². The lowest BCUT2D eigenvalue weighted by Gasteiger charge is -2.28. The molecule has 2 aromatic carbocycles. The zero-order valence-corrected chi connectivity index (χ0v) is 17.2. The number of hydrogen-bond donors (Lipinski definition) is 2. The third-order valence-electron chi connectivity index (χ3n) is 5.96. The molecule has 2 N–H and O–H groups in total. The van der Waals surface area contributed by atoms with Gasteiger partial charge in [-0.15, -0.1) is 0 Å². The fourth-order valence-corrected chi connectivity index (χ4v) is 4.10. The van der Waals surface area contributed by atoms with E-state index in [9.17, 15) is 9.59 Å². The second kappa shape index (κ2) is 8.27. The van der Waals surface area contributed by atoms with Gasteiger partial charge in [0.1, 0.15) is 0 Å². The number of benzene rings is 2. The molecule has 2 unspecified atom stereocenters. The molecule has 0 aromatic heterocycles. The first-order chi connectivity index (χ1) is 14.0. The third kappa shape index (κ3) is 4.61. The average Bonchev–Trinajstić information content (AvgIpc) is 3.53. The summed E-state index contributed by atoms with van der Waals surface area (Å²) in [7, 11) is 0. The van der Waals surface area contributed by atoms with Crippen LogP contribution in [0.5, 0.6) is 0 Å². The van der Waals surface area contributed by atoms with Crippen LogP contribution in [0.4, 0.5) is 17.1 Å². The summed E-state index contributed by atoms with van der Waals surface area (Å²) in [5.74, 6) is -0.639. The molecule has 2 fully saturated rings. The van der Waals surface area contributed by atoms with Gasteiger partial charge in [-0.3, -0.25) is 9.59 Å². The SMILES string of the molecule is Cc1ccc(NC(=O)C2CC2C(=O)Nc2ccc(N3CCCCC3)cc2)c(C)c1. The second-order valence-corrected chi connectivity index (χ2v) is 8.34. The van der Waals surface area contributed by atoms with E-state index < -0.39 is 0 Å². The van der Waals surface area contributed by atoms with Gasteiger partial charge >= 0.3 is 0 Å². The highest BCUT2D eigenvalue weighted by atomic mass is 16.2. The van der Waals surface area contributed by atoms with Crippen LogP contribution >= 0.6 is 0 Å². The molecule has 1 aliphatic heterocycles. The van der Waals surface area contributed by atoms with Gasteiger partial charge in [-0.2, -0.15) is 0 Å². The molecule has 2 aromatic rings. The van der Waals surface area contributed by atoms with Crippen LogP contribution in [0.2, 0.25) is 0 Å². The van der Waals surface area contributed by atoms with Gasteiger partial charge in [0.15, 0.2) is 0 Å². The van der Waals surface area contributed by atoms with Gasteiger partial charge < -0.3 is 15.5 Å². The van der Waals surface area contributed by atoms with Crippen molar-refractivity contribution in [1.82, 2.24) is 0 Å². The molecule has 2 amide bonds. The Hall–Kier alpha value is -2.82. The number of aryl methyl sites for hydroxylation is 2. The Labute approximate surface area is 172 Å². The first-order valence-corrected chi connectivity index (χ1v) is 10.6. The Bertz CT molecular complexity index is 901. The summed E-state index contributed by atoms with van der Waals surface area (Å²) < 4.78 is 0. The van der Waals surface area contributed by atoms with Crippen molar-refractivity contribution in [3.8, 4) is 0 Å². The Kier molecular flexibility index (Phi) is 5.56. The Morgan fingerprint density at radius 2 is 1.52 bits per heavy atom. The smallest absolute Gasteiger partial charge is 0.228 e. The van der Waals surface area contributed by atoms with Crippen molar-refractivity contribution < 1.29 is 9.59 Å². The minimum Gasteiger partial charge on any atom is -0.372 e. The van der Waals surface area contributed by atoms with E-state index >= 15 is 0 Å². The van der Waals surface area contributed by atoms with Crippen LogP contribution in [-0.2, 0) is 9.59 Å². The lowest BCUT2D eigenvalue weighted by Crippen LogP contribution is -2.29. The highest BCUT2D eigenvalue weighted by molar-refractivity contribution is 6.03. The van der Waals surface area contributed by atoms with Crippen LogP contribution < -0.4 is 15.5 Å². The molecular formula is C24H29N3O2. The first kappa shape index (κ1) is 19.5. The molecule has 5 heteroatoms. The van der Waals surface area contributed by atoms with Crippen molar-refractivity contribution in [1.29, 1.82) is 0 Å². The van der Waals surface area contributed by atoms with Gasteiger partial charge in [-0.05, 0) is 75.4 Å². The average molecular weight is 392 g/mol. The second-order valence-electron chi connectivity index (χ2n) is 8.34. The van der Waals surface area contributed by atoms with Gasteiger partial charge in [-0.25, -0.2) is 0 Å². The van der Waals surface area contributed by atoms with Crippen LogP contribution in [0.1, 0.15) is 36.8 Å². The fourth-order valence-electron chi connectivity index (χ4n) is 4.10. The molecule has 29 heavy (non-hydrogen) atoms. The molecule has 4 rings (SSSR count). The quantitative estimate of drug-likeness (QED) is 0.788. The molecule has 1 aliphatic carbocycles. The zero-order chi connectivity index (χ0) is 20.4. The lowest BCUT2D eigenvalue weighted by atomic mass is 10.1. The molecule has 5 nitrogen and oxygen atoms in total. The molecule has 1 saturated heterocycles. The number of carbonyl (C=O) groups is 2. The van der Waals surface area contributed by atoms with Gasteiger partial charge in [0.25, 0.3) is 0 Å². The largest absolute Gasteiger partial charge is 0.372 e. The number of rotatable bonds is 5. The van der Waals surface area contributed by atoms with Crippen molar-refractivity contribution >= 4 is 28.9 Å². The molecule has 1 heterocycles. The number of anilines is 3. The maximum atomic E-state index is 12.5. The van der Waals surface area contributed by atoms with E-state index in [-0.39, 0.29) is 23.7 Å². The molecule has 2 aliphatic rings. The number of carbonyl (C=O) groups excluding carboxylic acids is 2. The standard InChI is InChI=1S/C24H29N3O2/c1-16-6-11-22(17(2)14-16)26-24(29)21-15-20(21)23(28)25-18-7-9-19(10-8-18)27-12-4-3-5-13-27/h6-11,14,20-21H,3-5,12-13,15H2,1-2H3,(H,25,28)(H,26,29). The monoisotopic (exact) mass is 391 g/mol. The molecule has 2 atom stereocenters. The minimum atomic E-state index is -0.248. The predicted molar refractivity (Wildman–Crippen MR) is 117 cm³/mol. The Morgan fingerprint density at radius 3 is 2.17 bits per heavy atom. The fraction of sp³-hybridized carbons (Fsp3) is 0.417. The molecule has 0 spiro atoms. The Balaban J connectivity index is 1.30. The van der Waals surface area contributed by atoms with Gasteiger partial charge in [0, 0.05) is 30.2 Å². The van der Waals surface area contributed by atoms with E-state index in [0.717, 1.165) is 35.6 Å². The van der Waals surface area contributed by atoms with E-state index in [0.29, 0.717) is 6.42 Å². The van der Waals surface area contributed by atoms with E-state index in [1.165, 1.54) is 24.9 Å². The normalized spacial score (nSPS) is 20.8. The van der Waals surface area contributed by atoms with Crippen LogP contribution in [0, 0.1) is 25.7 Å². The van der Waals surface area contributed by atoms with Crippen molar-refractivity contribution in [2.45, 2.75) is 39.5 Å². The highest BCUT2D eigenvalue weighted by Crippen LogP contribution is 2.40. The van der Waals surface area contributed by atoms with Crippen LogP contribution in [0.3, 0.4) is 0 Å². The summed E-state index contributed by atoms with van der Waals surface area (Å²) in [5, 5.41) is 5.93. The van der Waals surface area contributed by atoms with Crippen molar-refractivity contribution in [2.24, 2.45) is 11.8 Å². The van der Waals surface area contributed by atoms with Gasteiger partial charge in [0.05, 0.1) is 11.8 Å². The number of hydrogen-bond acceptors (Lipinski definition) is 3. The Morgan fingerprint density at radius 1 is 0.862 bits per heavy atom. The summed E-state index contributed by atoms with van der Waals surface area (Å²) in [6, 6.07) is 14.0. The highest BCUT2D eigenvalue weighted by Gasteiger charge is 2.48. The third-order valence-corrected chi connectivity index (χ3v) is 5.96. The maximum Gasteiger partial charge on any atom is 0.228 e. The summed E-state index contributed by atoms with van der Waals surface area (Å²) in [4.78, 5) is 27.4. The van der Waals surface area contributed by atoms with Crippen LogP contribution in [-0.4, -0.2) is 24.9 Å². The van der Waals surface area contributed by atoms with Crippen molar-refractivity contribution in [3.63, 3.8) is 0 Å². The van der Waals surface area contributed by atoms with Crippen molar-refractivity contribution in [2.75, 3.05) is 28.6 Å².